The first-order valence-electron chi connectivity index (χ1n) is 8.90. The van der Waals surface area contributed by atoms with Crippen molar-refractivity contribution < 1.29 is 14.0 Å². The summed E-state index contributed by atoms with van der Waals surface area (Å²) >= 11 is 0. The second-order valence-electron chi connectivity index (χ2n) is 6.31. The van der Waals surface area contributed by atoms with Crippen molar-refractivity contribution in [2.45, 2.75) is 19.9 Å². The summed E-state index contributed by atoms with van der Waals surface area (Å²) in [5, 5.41) is 8.15. The lowest BCUT2D eigenvalue weighted by molar-refractivity contribution is 0.0962. The van der Waals surface area contributed by atoms with Crippen LogP contribution in [0.1, 0.15) is 34.8 Å². The summed E-state index contributed by atoms with van der Waals surface area (Å²) in [6.45, 7) is 3.57. The van der Waals surface area contributed by atoms with Gasteiger partial charge in [0.1, 0.15) is 6.04 Å². The van der Waals surface area contributed by atoms with Gasteiger partial charge < -0.3 is 20.4 Å². The molecule has 3 rings (SSSR count). The van der Waals surface area contributed by atoms with Crippen LogP contribution in [0, 0.1) is 6.92 Å². The van der Waals surface area contributed by atoms with Crippen molar-refractivity contribution >= 4 is 17.6 Å². The number of hydrogen-bond donors (Lipinski definition) is 3. The molecule has 3 N–H and O–H groups in total. The molecule has 0 spiro atoms. The van der Waals surface area contributed by atoms with E-state index in [9.17, 15) is 9.59 Å². The molecule has 0 saturated carbocycles. The van der Waals surface area contributed by atoms with Gasteiger partial charge in [0.25, 0.3) is 5.91 Å². The van der Waals surface area contributed by atoms with E-state index in [4.69, 9.17) is 4.42 Å². The molecule has 28 heavy (non-hydrogen) atoms. The predicted molar refractivity (Wildman–Crippen MR) is 107 cm³/mol. The Hall–Kier alpha value is -3.61. The normalized spacial score (nSPS) is 11.5. The highest BCUT2D eigenvalue weighted by molar-refractivity contribution is 5.98. The van der Waals surface area contributed by atoms with Crippen LogP contribution in [0.5, 0.6) is 0 Å². The predicted octanol–water partition coefficient (Wildman–Crippen LogP) is 3.89. The van der Waals surface area contributed by atoms with Gasteiger partial charge in [0.05, 0.1) is 6.20 Å². The van der Waals surface area contributed by atoms with E-state index in [2.05, 4.69) is 20.9 Å². The van der Waals surface area contributed by atoms with Crippen LogP contribution >= 0.6 is 0 Å². The molecule has 7 heteroatoms. The summed E-state index contributed by atoms with van der Waals surface area (Å²) in [5.41, 5.74) is 2.67. The monoisotopic (exact) mass is 378 g/mol. The van der Waals surface area contributed by atoms with E-state index >= 15 is 0 Å². The summed E-state index contributed by atoms with van der Waals surface area (Å²) in [6.07, 6.45) is 1.64. The Morgan fingerprint density at radius 1 is 1.07 bits per heavy atom. The topological polar surface area (TPSA) is 96.3 Å². The standard InChI is InChI=1S/C21H22N4O3/c1-13-16(19(26)22-3)10-7-11-17(13)25-21(27)24-14(2)20-23-12-18(28-20)15-8-5-4-6-9-15/h4-12,14H,1-3H3,(H,22,26)(H2,24,25,27)/t14-/m1/s1. The SMILES string of the molecule is CNC(=O)c1cccc(NC(=O)N[C@H](C)c2ncc(-c3ccccc3)o2)c1C. The Morgan fingerprint density at radius 2 is 1.82 bits per heavy atom. The average Bonchev–Trinajstić information content (AvgIpc) is 3.20. The summed E-state index contributed by atoms with van der Waals surface area (Å²) < 4.78 is 5.76. The van der Waals surface area contributed by atoms with Crippen molar-refractivity contribution in [2.75, 3.05) is 12.4 Å². The van der Waals surface area contributed by atoms with E-state index in [1.165, 1.54) is 0 Å². The van der Waals surface area contributed by atoms with E-state index in [1.807, 2.05) is 30.3 Å². The largest absolute Gasteiger partial charge is 0.438 e. The lowest BCUT2D eigenvalue weighted by atomic mass is 10.1. The molecule has 144 valence electrons. The lowest BCUT2D eigenvalue weighted by Gasteiger charge is -2.14. The van der Waals surface area contributed by atoms with Gasteiger partial charge in [-0.15, -0.1) is 0 Å². The number of urea groups is 1. The number of nitrogens with zero attached hydrogens (tertiary/aromatic N) is 1. The molecule has 2 aromatic carbocycles. The van der Waals surface area contributed by atoms with E-state index < -0.39 is 12.1 Å². The van der Waals surface area contributed by atoms with Crippen molar-refractivity contribution in [3.8, 4) is 11.3 Å². The number of anilines is 1. The van der Waals surface area contributed by atoms with Gasteiger partial charge in [-0.2, -0.15) is 0 Å². The first kappa shape index (κ1) is 19.2. The number of oxazole rings is 1. The summed E-state index contributed by atoms with van der Waals surface area (Å²) in [4.78, 5) is 28.5. The zero-order valence-electron chi connectivity index (χ0n) is 15.9. The molecule has 0 aliphatic rings. The zero-order valence-corrected chi connectivity index (χ0v) is 15.9. The number of benzene rings is 2. The molecular weight excluding hydrogens is 356 g/mol. The maximum absolute atomic E-state index is 12.4. The van der Waals surface area contributed by atoms with Crippen molar-refractivity contribution in [1.82, 2.24) is 15.6 Å². The van der Waals surface area contributed by atoms with E-state index in [-0.39, 0.29) is 5.91 Å². The third-order valence-electron chi connectivity index (χ3n) is 4.35. The van der Waals surface area contributed by atoms with Gasteiger partial charge in [0.2, 0.25) is 5.89 Å². The Balaban J connectivity index is 1.67. The van der Waals surface area contributed by atoms with Crippen molar-refractivity contribution in [1.29, 1.82) is 0 Å². The van der Waals surface area contributed by atoms with E-state index in [1.54, 1.807) is 45.3 Å². The van der Waals surface area contributed by atoms with Crippen LogP contribution in [0.4, 0.5) is 10.5 Å². The molecule has 0 aliphatic carbocycles. The van der Waals surface area contributed by atoms with Crippen molar-refractivity contribution in [3.05, 3.63) is 71.7 Å². The molecule has 1 aromatic heterocycles. The van der Waals surface area contributed by atoms with Gasteiger partial charge in [-0.25, -0.2) is 9.78 Å². The van der Waals surface area contributed by atoms with Gasteiger partial charge in [-0.1, -0.05) is 36.4 Å². The van der Waals surface area contributed by atoms with E-state index in [0.717, 1.165) is 5.56 Å². The van der Waals surface area contributed by atoms with Gasteiger partial charge in [0.15, 0.2) is 5.76 Å². The molecule has 3 amide bonds. The highest BCUT2D eigenvalue weighted by Crippen LogP contribution is 2.23. The second kappa shape index (κ2) is 8.39. The van der Waals surface area contributed by atoms with Crippen LogP contribution in [0.2, 0.25) is 0 Å². The molecular formula is C21H22N4O3. The molecule has 0 unspecified atom stereocenters. The molecule has 1 atom stereocenters. The number of rotatable bonds is 5. The van der Waals surface area contributed by atoms with Crippen LogP contribution in [0.15, 0.2) is 59.1 Å². The number of carbonyl (C=O) groups is 2. The first-order valence-corrected chi connectivity index (χ1v) is 8.90. The molecule has 0 bridgehead atoms. The summed E-state index contributed by atoms with van der Waals surface area (Å²) in [6, 6.07) is 13.9. The highest BCUT2D eigenvalue weighted by atomic mass is 16.4. The maximum Gasteiger partial charge on any atom is 0.319 e. The Morgan fingerprint density at radius 3 is 2.54 bits per heavy atom. The van der Waals surface area contributed by atoms with E-state index in [0.29, 0.717) is 28.5 Å². The van der Waals surface area contributed by atoms with Gasteiger partial charge >= 0.3 is 6.03 Å². The van der Waals surface area contributed by atoms with Crippen molar-refractivity contribution in [3.63, 3.8) is 0 Å². The average molecular weight is 378 g/mol. The highest BCUT2D eigenvalue weighted by Gasteiger charge is 2.17. The third kappa shape index (κ3) is 4.20. The Kier molecular flexibility index (Phi) is 5.74. The minimum Gasteiger partial charge on any atom is -0.438 e. The number of amides is 3. The smallest absolute Gasteiger partial charge is 0.319 e. The fraction of sp³-hybridized carbons (Fsp3) is 0.190. The number of aromatic nitrogens is 1. The molecule has 1 heterocycles. The second-order valence-corrected chi connectivity index (χ2v) is 6.31. The van der Waals surface area contributed by atoms with Crippen molar-refractivity contribution in [2.24, 2.45) is 0 Å². The van der Waals surface area contributed by atoms with Crippen LogP contribution < -0.4 is 16.0 Å². The summed E-state index contributed by atoms with van der Waals surface area (Å²) in [7, 11) is 1.57. The number of hydrogen-bond acceptors (Lipinski definition) is 4. The zero-order chi connectivity index (χ0) is 20.1. The molecule has 7 nitrogen and oxygen atoms in total. The Bertz CT molecular complexity index is 982. The third-order valence-corrected chi connectivity index (χ3v) is 4.35. The molecule has 0 radical (unpaired) electrons. The lowest BCUT2D eigenvalue weighted by Crippen LogP contribution is -2.31. The van der Waals surface area contributed by atoms with Crippen LogP contribution in [-0.2, 0) is 0 Å². The molecule has 0 aliphatic heterocycles. The number of carbonyl (C=O) groups excluding carboxylic acids is 2. The Labute approximate surface area is 163 Å². The number of nitrogens with one attached hydrogen (secondary N) is 3. The minimum atomic E-state index is -0.431. The van der Waals surface area contributed by atoms with Gasteiger partial charge in [-0.3, -0.25) is 4.79 Å². The quantitative estimate of drug-likeness (QED) is 0.627. The molecule has 0 fully saturated rings. The van der Waals surface area contributed by atoms with Crippen LogP contribution in [0.3, 0.4) is 0 Å². The fourth-order valence-corrected chi connectivity index (χ4v) is 2.79. The first-order chi connectivity index (χ1) is 13.5. The van der Waals surface area contributed by atoms with Crippen LogP contribution in [0.25, 0.3) is 11.3 Å². The molecule has 3 aromatic rings. The van der Waals surface area contributed by atoms with Gasteiger partial charge in [0, 0.05) is 23.9 Å². The maximum atomic E-state index is 12.4. The minimum absolute atomic E-state index is 0.205. The molecule has 0 saturated heterocycles. The fourth-order valence-electron chi connectivity index (χ4n) is 2.79. The van der Waals surface area contributed by atoms with Gasteiger partial charge in [-0.05, 0) is 31.5 Å². The summed E-state index contributed by atoms with van der Waals surface area (Å²) in [5.74, 6) is 0.840. The van der Waals surface area contributed by atoms with Crippen LogP contribution in [-0.4, -0.2) is 24.0 Å².